The molecule has 0 bridgehead atoms. The molecule has 2 aromatic heterocycles. The molecular formula is C29H30N6O. The van der Waals surface area contributed by atoms with Crippen molar-refractivity contribution in [3.63, 3.8) is 0 Å². The number of carbonyl (C=O) groups excluding carboxylic acids is 1. The standard InChI is InChI=1S/C29H30N6O/c1-20-5-3-7-22(15-20)17-25(36)18-23-8-4-6-21(16-23)9-10-26-27-28(30)31-19-32-29(27)35(33-26)24-11-13-34(2)14-12-24/h3-8,15-16,19,24H,11-14,17-18H2,1-2H3,(H2,30,31,32). The van der Waals surface area contributed by atoms with Crippen molar-refractivity contribution < 1.29 is 4.79 Å². The predicted molar refractivity (Wildman–Crippen MR) is 142 cm³/mol. The van der Waals surface area contributed by atoms with Crippen molar-refractivity contribution in [1.82, 2.24) is 24.6 Å². The average Bonchev–Trinajstić information content (AvgIpc) is 3.23. The summed E-state index contributed by atoms with van der Waals surface area (Å²) in [6.45, 7) is 4.07. The largest absolute Gasteiger partial charge is 0.383 e. The van der Waals surface area contributed by atoms with Crippen LogP contribution in [0.1, 0.15) is 46.8 Å². The van der Waals surface area contributed by atoms with Crippen LogP contribution in [0.25, 0.3) is 11.0 Å². The van der Waals surface area contributed by atoms with Gasteiger partial charge in [0.2, 0.25) is 0 Å². The summed E-state index contributed by atoms with van der Waals surface area (Å²) in [5.41, 5.74) is 11.5. The molecule has 0 atom stereocenters. The van der Waals surface area contributed by atoms with E-state index >= 15 is 0 Å². The first-order valence-electron chi connectivity index (χ1n) is 12.3. The molecule has 0 aliphatic carbocycles. The maximum absolute atomic E-state index is 12.7. The number of fused-ring (bicyclic) bond motifs is 1. The van der Waals surface area contributed by atoms with Crippen molar-refractivity contribution in [2.45, 2.75) is 38.6 Å². The van der Waals surface area contributed by atoms with Gasteiger partial charge in [0.15, 0.2) is 5.65 Å². The fourth-order valence-electron chi connectivity index (χ4n) is 4.81. The summed E-state index contributed by atoms with van der Waals surface area (Å²) in [5.74, 6) is 6.99. The Labute approximate surface area is 211 Å². The van der Waals surface area contributed by atoms with E-state index < -0.39 is 0 Å². The maximum Gasteiger partial charge on any atom is 0.164 e. The van der Waals surface area contributed by atoms with Gasteiger partial charge in [0.1, 0.15) is 23.6 Å². The SMILES string of the molecule is Cc1cccc(CC(=O)Cc2cccc(C#Cc3nn(C4CCN(C)CC4)c4ncnc(N)c34)c2)c1. The van der Waals surface area contributed by atoms with E-state index in [0.717, 1.165) is 53.8 Å². The maximum atomic E-state index is 12.7. The molecule has 182 valence electrons. The van der Waals surface area contributed by atoms with E-state index in [1.807, 2.05) is 54.1 Å². The van der Waals surface area contributed by atoms with E-state index in [2.05, 4.69) is 39.8 Å². The van der Waals surface area contributed by atoms with Crippen LogP contribution in [-0.2, 0) is 17.6 Å². The van der Waals surface area contributed by atoms with Crippen molar-refractivity contribution >= 4 is 22.6 Å². The first-order chi connectivity index (χ1) is 17.5. The Morgan fingerprint density at radius 2 is 1.75 bits per heavy atom. The number of carbonyl (C=O) groups is 1. The molecule has 1 aliphatic heterocycles. The van der Waals surface area contributed by atoms with Crippen LogP contribution < -0.4 is 5.73 Å². The molecule has 0 saturated carbocycles. The number of anilines is 1. The molecule has 36 heavy (non-hydrogen) atoms. The summed E-state index contributed by atoms with van der Waals surface area (Å²) < 4.78 is 1.98. The molecule has 1 aliphatic rings. The van der Waals surface area contributed by atoms with Crippen LogP contribution in [0.5, 0.6) is 0 Å². The topological polar surface area (TPSA) is 89.9 Å². The first kappa shape index (κ1) is 23.7. The van der Waals surface area contributed by atoms with Crippen LogP contribution in [0.4, 0.5) is 5.82 Å². The number of nitrogens with zero attached hydrogens (tertiary/aromatic N) is 5. The Morgan fingerprint density at radius 1 is 1.03 bits per heavy atom. The molecule has 2 N–H and O–H groups in total. The Morgan fingerprint density at radius 3 is 2.50 bits per heavy atom. The van der Waals surface area contributed by atoms with E-state index in [1.165, 1.54) is 6.33 Å². The average molecular weight is 479 g/mol. The summed E-state index contributed by atoms with van der Waals surface area (Å²) in [6, 6.07) is 16.2. The normalized spacial score (nSPS) is 14.5. The molecule has 1 saturated heterocycles. The zero-order valence-electron chi connectivity index (χ0n) is 20.7. The summed E-state index contributed by atoms with van der Waals surface area (Å²) in [4.78, 5) is 23.7. The van der Waals surface area contributed by atoms with E-state index in [0.29, 0.717) is 29.7 Å². The molecule has 7 heteroatoms. The monoisotopic (exact) mass is 478 g/mol. The predicted octanol–water partition coefficient (Wildman–Crippen LogP) is 3.74. The van der Waals surface area contributed by atoms with Gasteiger partial charge in [0.25, 0.3) is 0 Å². The number of aromatic nitrogens is 4. The Balaban J connectivity index is 1.38. The van der Waals surface area contributed by atoms with Gasteiger partial charge in [0, 0.05) is 18.4 Å². The highest BCUT2D eigenvalue weighted by atomic mass is 16.1. The number of benzene rings is 2. The van der Waals surface area contributed by atoms with E-state index in [9.17, 15) is 4.79 Å². The molecule has 0 spiro atoms. The number of likely N-dealkylation sites (tertiary alicyclic amines) is 1. The molecule has 0 radical (unpaired) electrons. The lowest BCUT2D eigenvalue weighted by atomic mass is 10.0. The number of hydrogen-bond donors (Lipinski definition) is 1. The van der Waals surface area contributed by atoms with Gasteiger partial charge in [-0.05, 0) is 69.1 Å². The number of hydrogen-bond acceptors (Lipinski definition) is 6. The van der Waals surface area contributed by atoms with Crippen LogP contribution in [0, 0.1) is 18.8 Å². The second kappa shape index (κ2) is 10.3. The van der Waals surface area contributed by atoms with Crippen molar-refractivity contribution in [3.05, 3.63) is 82.8 Å². The fraction of sp³-hybridized carbons (Fsp3) is 0.310. The lowest BCUT2D eigenvalue weighted by Crippen LogP contribution is -2.32. The highest BCUT2D eigenvalue weighted by molar-refractivity contribution is 5.90. The molecule has 5 rings (SSSR count). The number of aryl methyl sites for hydroxylation is 1. The molecular weight excluding hydrogens is 448 g/mol. The first-order valence-corrected chi connectivity index (χ1v) is 12.3. The molecule has 0 amide bonds. The van der Waals surface area contributed by atoms with Gasteiger partial charge in [-0.25, -0.2) is 14.6 Å². The number of ketones is 1. The highest BCUT2D eigenvalue weighted by Crippen LogP contribution is 2.28. The number of nitrogen functional groups attached to an aromatic ring is 1. The molecule has 1 fully saturated rings. The molecule has 4 aromatic rings. The number of nitrogens with two attached hydrogens (primary N) is 1. The number of piperidine rings is 1. The summed E-state index contributed by atoms with van der Waals surface area (Å²) in [7, 11) is 2.14. The minimum absolute atomic E-state index is 0.179. The molecule has 2 aromatic carbocycles. The number of rotatable bonds is 5. The Hall–Kier alpha value is -4.02. The second-order valence-electron chi connectivity index (χ2n) is 9.62. The smallest absolute Gasteiger partial charge is 0.164 e. The van der Waals surface area contributed by atoms with Crippen molar-refractivity contribution in [2.75, 3.05) is 25.9 Å². The van der Waals surface area contributed by atoms with Gasteiger partial charge < -0.3 is 10.6 Å². The molecule has 0 unspecified atom stereocenters. The number of Topliss-reactive ketones (excluding diaryl/α,β-unsaturated/α-hetero) is 1. The van der Waals surface area contributed by atoms with Gasteiger partial charge in [-0.2, -0.15) is 5.10 Å². The lowest BCUT2D eigenvalue weighted by Gasteiger charge is -2.29. The lowest BCUT2D eigenvalue weighted by molar-refractivity contribution is -0.117. The van der Waals surface area contributed by atoms with Gasteiger partial charge >= 0.3 is 0 Å². The third-order valence-corrected chi connectivity index (χ3v) is 6.69. The molecule has 3 heterocycles. The highest BCUT2D eigenvalue weighted by Gasteiger charge is 2.24. The zero-order valence-corrected chi connectivity index (χ0v) is 20.7. The minimum atomic E-state index is 0.179. The van der Waals surface area contributed by atoms with E-state index in [1.54, 1.807) is 0 Å². The van der Waals surface area contributed by atoms with Crippen LogP contribution in [0.15, 0.2) is 54.9 Å². The third kappa shape index (κ3) is 5.29. The Kier molecular flexibility index (Phi) is 6.79. The zero-order chi connectivity index (χ0) is 25.1. The van der Waals surface area contributed by atoms with Gasteiger partial charge in [-0.1, -0.05) is 47.9 Å². The van der Waals surface area contributed by atoms with Gasteiger partial charge in [-0.3, -0.25) is 4.79 Å². The van der Waals surface area contributed by atoms with Crippen LogP contribution in [0.2, 0.25) is 0 Å². The van der Waals surface area contributed by atoms with Crippen LogP contribution in [0.3, 0.4) is 0 Å². The summed E-state index contributed by atoms with van der Waals surface area (Å²) in [6.07, 6.45) is 4.29. The minimum Gasteiger partial charge on any atom is -0.383 e. The quantitative estimate of drug-likeness (QED) is 0.440. The van der Waals surface area contributed by atoms with Crippen LogP contribution in [-0.4, -0.2) is 50.6 Å². The summed E-state index contributed by atoms with van der Waals surface area (Å²) >= 11 is 0. The van der Waals surface area contributed by atoms with Crippen molar-refractivity contribution in [2.24, 2.45) is 0 Å². The van der Waals surface area contributed by atoms with Gasteiger partial charge in [-0.15, -0.1) is 0 Å². The molecule has 7 nitrogen and oxygen atoms in total. The second-order valence-corrected chi connectivity index (χ2v) is 9.62. The van der Waals surface area contributed by atoms with Crippen molar-refractivity contribution in [3.8, 4) is 11.8 Å². The Bertz CT molecular complexity index is 1470. The summed E-state index contributed by atoms with van der Waals surface area (Å²) in [5, 5.41) is 5.53. The van der Waals surface area contributed by atoms with Crippen LogP contribution >= 0.6 is 0 Å². The van der Waals surface area contributed by atoms with Crippen molar-refractivity contribution in [1.29, 1.82) is 0 Å². The van der Waals surface area contributed by atoms with E-state index in [-0.39, 0.29) is 11.8 Å². The third-order valence-electron chi connectivity index (χ3n) is 6.69. The fourth-order valence-corrected chi connectivity index (χ4v) is 4.81. The van der Waals surface area contributed by atoms with E-state index in [4.69, 9.17) is 10.8 Å². The van der Waals surface area contributed by atoms with Gasteiger partial charge in [0.05, 0.1) is 11.4 Å².